The van der Waals surface area contributed by atoms with E-state index >= 15 is 0 Å². The summed E-state index contributed by atoms with van der Waals surface area (Å²) in [5.41, 5.74) is 27.4. The summed E-state index contributed by atoms with van der Waals surface area (Å²) in [7, 11) is 3.35. The van der Waals surface area contributed by atoms with Gasteiger partial charge in [-0.25, -0.2) is 0 Å². The molecule has 2 spiro atoms. The van der Waals surface area contributed by atoms with E-state index in [0.717, 1.165) is 60.2 Å². The molecule has 6 aliphatic rings. The first-order chi connectivity index (χ1) is 55.9. The minimum atomic E-state index is -0.113. The molecule has 2 aliphatic carbocycles. The topological polar surface area (TPSA) is 138 Å². The number of aromatic nitrogens is 3. The summed E-state index contributed by atoms with van der Waals surface area (Å²) in [6.07, 6.45) is 12.2. The summed E-state index contributed by atoms with van der Waals surface area (Å²) >= 11 is 0. The molecule has 11 aromatic rings. The van der Waals surface area contributed by atoms with Crippen LogP contribution in [0.1, 0.15) is 275 Å². The molecule has 7 heterocycles. The molecule has 4 N–H and O–H groups in total. The lowest BCUT2D eigenvalue weighted by atomic mass is 9.82. The SMILES string of the molecule is CC(=O)N1CC2(CC2)c2ccc(C(C)(C)C)cc21.CC(=O)n1ccc2ccc(C(C)(C)C)cc21.CC(C)(C)c1ccc2c(c1)NCC2.CC(C)(C)c1ccc2c(c1)NCC2(C)C.CC(C)(C)c1ccc2c(c1)NCC21CC1.CC(C)(C)c1ccc2ccn(Cc3ccccc3)c2c1.CNCC(=O)N(C)CC(=O)n1ccc2ccc(C(C)(C)C)cc21. The standard InChI is InChI=1S/C19H21N.C18H25N3O2.C16H21NO.C14H17NO.C14H19N.C14H21N.C12H17N/c1-19(2,3)17-10-9-16-11-12-20(18(16)13-17)14-15-7-5-4-6-8-15;1-18(2,3)14-7-6-13-8-9-21(15(13)10-14)17(23)12-20(5)16(22)11-19-4;1-11(18)17-10-16(7-8-16)13-6-5-12(9-14(13)17)15(2,3)4;1-10(16)15-8-7-11-5-6-12(9-13(11)15)14(2,3)4;1-13(2,3)10-4-5-11-12(8-10)15-9-14(11)6-7-14;1-13(2,3)10-6-7-11-12(8-10)15-9-14(11,4)5;1-12(2,3)10-5-4-9-6-7-13-11(9)8-10/h4-13H,14H2,1-3H3;6-10,19H,11-12H2,1-5H3;5-6,9H,7-8,10H2,1-4H3;5-9H,1-4H3;4-5,8,15H,6-7,9H2,1-3H3;6-8,15H,9H2,1-5H3;4-5,8,13H,6-7H2,1-3H3. The first-order valence-corrected chi connectivity index (χ1v) is 43.8. The number of carbonyl (C=O) groups excluding carboxylic acids is 4. The predicted molar refractivity (Wildman–Crippen MR) is 509 cm³/mol. The molecule has 13 nitrogen and oxygen atoms in total. The maximum Gasteiger partial charge on any atom is 0.250 e. The summed E-state index contributed by atoms with van der Waals surface area (Å²) < 4.78 is 5.66. The number of nitrogens with zero attached hydrogens (tertiary/aromatic N) is 5. The summed E-state index contributed by atoms with van der Waals surface area (Å²) in [5, 5.41) is 16.7. The van der Waals surface area contributed by atoms with Crippen molar-refractivity contribution in [2.24, 2.45) is 0 Å². The van der Waals surface area contributed by atoms with Gasteiger partial charge in [0.1, 0.15) is 6.54 Å². The Morgan fingerprint density at radius 2 is 0.842 bits per heavy atom. The number of likely N-dealkylation sites (N-methyl/N-ethyl adjacent to an activating group) is 2. The number of anilines is 4. The fourth-order valence-corrected chi connectivity index (χ4v) is 16.4. The van der Waals surface area contributed by atoms with Crippen molar-refractivity contribution in [3.05, 3.63) is 261 Å². The Labute approximate surface area is 719 Å². The van der Waals surface area contributed by atoms with Crippen molar-refractivity contribution in [1.82, 2.24) is 23.9 Å². The second-order valence-electron chi connectivity index (χ2n) is 42.6. The third-order valence-corrected chi connectivity index (χ3v) is 25.1. The van der Waals surface area contributed by atoms with Gasteiger partial charge in [0.05, 0.1) is 17.6 Å². The lowest BCUT2D eigenvalue weighted by molar-refractivity contribution is -0.128. The summed E-state index contributed by atoms with van der Waals surface area (Å²) in [6, 6.07) is 63.5. The molecule has 0 radical (unpaired) electrons. The van der Waals surface area contributed by atoms with Crippen molar-refractivity contribution < 1.29 is 19.2 Å². The van der Waals surface area contributed by atoms with E-state index in [9.17, 15) is 19.2 Å². The van der Waals surface area contributed by atoms with E-state index in [1.165, 1.54) is 126 Å². The highest BCUT2D eigenvalue weighted by Crippen LogP contribution is 2.57. The van der Waals surface area contributed by atoms with Gasteiger partial charge < -0.3 is 35.6 Å². The predicted octanol–water partition coefficient (Wildman–Crippen LogP) is 24.3. The molecule has 3 aromatic heterocycles. The zero-order chi connectivity index (χ0) is 87.8. The lowest BCUT2D eigenvalue weighted by Crippen LogP contribution is -2.38. The van der Waals surface area contributed by atoms with Crippen LogP contribution in [0.3, 0.4) is 0 Å². The van der Waals surface area contributed by atoms with Gasteiger partial charge in [-0.05, 0) is 210 Å². The van der Waals surface area contributed by atoms with Crippen LogP contribution in [0.15, 0.2) is 195 Å². The van der Waals surface area contributed by atoms with Crippen LogP contribution in [-0.2, 0) is 76.7 Å². The number of fused-ring (bicyclic) bond motifs is 9. The van der Waals surface area contributed by atoms with Crippen molar-refractivity contribution in [1.29, 1.82) is 0 Å². The number of amides is 2. The van der Waals surface area contributed by atoms with Gasteiger partial charge in [-0.3, -0.25) is 28.3 Å². The molecule has 0 bridgehead atoms. The van der Waals surface area contributed by atoms with Gasteiger partial charge >= 0.3 is 0 Å². The summed E-state index contributed by atoms with van der Waals surface area (Å²) in [6.45, 7) is 60.0. The van der Waals surface area contributed by atoms with Crippen molar-refractivity contribution in [2.45, 2.75) is 266 Å². The number of hydrogen-bond donors (Lipinski definition) is 4. The highest BCUT2D eigenvalue weighted by Gasteiger charge is 2.53. The van der Waals surface area contributed by atoms with E-state index in [0.29, 0.717) is 10.8 Å². The largest absolute Gasteiger partial charge is 0.384 e. The van der Waals surface area contributed by atoms with Crippen molar-refractivity contribution in [2.75, 3.05) is 74.2 Å². The number of carbonyl (C=O) groups is 4. The lowest BCUT2D eigenvalue weighted by Gasteiger charge is -2.22. The zero-order valence-electron chi connectivity index (χ0n) is 77.8. The van der Waals surface area contributed by atoms with E-state index in [2.05, 4.69) is 349 Å². The van der Waals surface area contributed by atoms with Crippen LogP contribution in [0.4, 0.5) is 22.7 Å². The van der Waals surface area contributed by atoms with Gasteiger partial charge in [0.2, 0.25) is 17.7 Å². The molecule has 2 amide bonds. The third kappa shape index (κ3) is 21.5. The molecule has 0 atom stereocenters. The Bertz CT molecular complexity index is 5440. The molecule has 638 valence electrons. The molecule has 2 saturated carbocycles. The van der Waals surface area contributed by atoms with Crippen LogP contribution in [0.25, 0.3) is 32.7 Å². The second-order valence-corrected chi connectivity index (χ2v) is 42.6. The Kier molecular flexibility index (Phi) is 26.4. The second kappa shape index (κ2) is 34.9. The third-order valence-electron chi connectivity index (χ3n) is 25.1. The molecule has 4 aliphatic heterocycles. The maximum atomic E-state index is 12.5. The first-order valence-electron chi connectivity index (χ1n) is 43.8. The highest BCUT2D eigenvalue weighted by molar-refractivity contribution is 5.97. The molecule has 0 unspecified atom stereocenters. The fourth-order valence-electron chi connectivity index (χ4n) is 16.4. The fraction of sp³-hybridized carbons (Fsp3) is 0.458. The first kappa shape index (κ1) is 90.8. The van der Waals surface area contributed by atoms with E-state index in [1.54, 1.807) is 48.8 Å². The molecule has 13 heteroatoms. The van der Waals surface area contributed by atoms with Gasteiger partial charge in [-0.15, -0.1) is 0 Å². The van der Waals surface area contributed by atoms with Crippen molar-refractivity contribution in [3.8, 4) is 0 Å². The molecule has 8 aromatic carbocycles. The normalized spacial score (nSPS) is 15.5. The molecular formula is C107H141N9O4. The average molecular weight is 1620 g/mol. The van der Waals surface area contributed by atoms with Crippen LogP contribution >= 0.6 is 0 Å². The van der Waals surface area contributed by atoms with E-state index in [-0.39, 0.29) is 80.0 Å². The Balaban J connectivity index is 0.000000138. The Hall–Kier alpha value is -9.98. The van der Waals surface area contributed by atoms with Crippen LogP contribution < -0.4 is 26.2 Å². The minimum absolute atomic E-state index is 0.0197. The molecular weight excluding hydrogens is 1480 g/mol. The van der Waals surface area contributed by atoms with Gasteiger partial charge in [0.25, 0.3) is 5.91 Å². The van der Waals surface area contributed by atoms with Crippen LogP contribution in [0, 0.1) is 0 Å². The molecule has 2 fully saturated rings. The monoisotopic (exact) mass is 1620 g/mol. The van der Waals surface area contributed by atoms with Crippen LogP contribution in [0.5, 0.6) is 0 Å². The van der Waals surface area contributed by atoms with Gasteiger partial charge in [0.15, 0.2) is 0 Å². The van der Waals surface area contributed by atoms with Gasteiger partial charge in [-0.2, -0.15) is 0 Å². The number of benzene rings is 8. The molecule has 120 heavy (non-hydrogen) atoms. The van der Waals surface area contributed by atoms with Crippen LogP contribution in [0.2, 0.25) is 0 Å². The quantitative estimate of drug-likeness (QED) is 0.129. The minimum Gasteiger partial charge on any atom is -0.384 e. The number of hydrogen-bond acceptors (Lipinski definition) is 8. The van der Waals surface area contributed by atoms with E-state index in [4.69, 9.17) is 0 Å². The molecule has 17 rings (SSSR count). The highest BCUT2D eigenvalue weighted by atomic mass is 16.2. The number of nitrogens with one attached hydrogen (secondary N) is 4. The zero-order valence-corrected chi connectivity index (χ0v) is 77.8. The van der Waals surface area contributed by atoms with Gasteiger partial charge in [-0.1, -0.05) is 275 Å². The Morgan fingerprint density at radius 1 is 0.425 bits per heavy atom. The van der Waals surface area contributed by atoms with Crippen molar-refractivity contribution >= 4 is 79.1 Å². The van der Waals surface area contributed by atoms with E-state index < -0.39 is 0 Å². The molecule has 0 saturated heterocycles. The van der Waals surface area contributed by atoms with E-state index in [1.807, 2.05) is 29.3 Å². The van der Waals surface area contributed by atoms with Crippen molar-refractivity contribution in [3.63, 3.8) is 0 Å². The Morgan fingerprint density at radius 3 is 1.33 bits per heavy atom. The maximum absolute atomic E-state index is 12.5. The summed E-state index contributed by atoms with van der Waals surface area (Å²) in [4.78, 5) is 51.0. The number of rotatable bonds is 6. The summed E-state index contributed by atoms with van der Waals surface area (Å²) in [5.74, 6) is 0.0119. The van der Waals surface area contributed by atoms with Crippen LogP contribution in [-0.4, -0.2) is 95.6 Å². The van der Waals surface area contributed by atoms with Gasteiger partial charge in [0, 0.05) is 127 Å². The average Bonchev–Trinajstić information content (AvgIpc) is 1.56. The smallest absolute Gasteiger partial charge is 0.250 e.